The van der Waals surface area contributed by atoms with Crippen LogP contribution in [0.1, 0.15) is 38.7 Å². The summed E-state index contributed by atoms with van der Waals surface area (Å²) in [5.74, 6) is 1.77. The first-order valence-electron chi connectivity index (χ1n) is 6.47. The molecule has 0 aromatic carbocycles. The molecule has 1 N–H and O–H groups in total. The lowest BCUT2D eigenvalue weighted by atomic mass is 10.3. The zero-order valence-electron chi connectivity index (χ0n) is 11.5. The number of anilines is 2. The summed E-state index contributed by atoms with van der Waals surface area (Å²) in [6.45, 7) is 8.36. The van der Waals surface area contributed by atoms with Gasteiger partial charge in [0.1, 0.15) is 5.82 Å². The number of rotatable bonds is 7. The maximum absolute atomic E-state index is 4.57. The molecule has 0 saturated heterocycles. The Morgan fingerprint density at radius 2 is 2.06 bits per heavy atom. The first-order valence-corrected chi connectivity index (χ1v) is 6.47. The van der Waals surface area contributed by atoms with Crippen molar-refractivity contribution in [3.63, 3.8) is 0 Å². The van der Waals surface area contributed by atoms with Crippen molar-refractivity contribution >= 4 is 11.8 Å². The molecule has 0 radical (unpaired) electrons. The summed E-state index contributed by atoms with van der Waals surface area (Å²) in [6, 6.07) is 0. The van der Waals surface area contributed by atoms with Crippen LogP contribution < -0.4 is 10.2 Å². The van der Waals surface area contributed by atoms with Gasteiger partial charge in [-0.15, -0.1) is 0 Å². The van der Waals surface area contributed by atoms with Crippen molar-refractivity contribution in [1.82, 2.24) is 9.97 Å². The molecule has 1 aromatic rings. The minimum absolute atomic E-state index is 0.732. The van der Waals surface area contributed by atoms with Crippen molar-refractivity contribution in [2.75, 3.05) is 30.4 Å². The van der Waals surface area contributed by atoms with Crippen LogP contribution in [-0.4, -0.2) is 30.1 Å². The van der Waals surface area contributed by atoms with Gasteiger partial charge in [0.05, 0.1) is 0 Å². The quantitative estimate of drug-likeness (QED) is 0.790. The van der Waals surface area contributed by atoms with Crippen molar-refractivity contribution in [3.8, 4) is 0 Å². The van der Waals surface area contributed by atoms with E-state index < -0.39 is 0 Å². The molecule has 4 nitrogen and oxygen atoms in total. The standard InChI is InChI=1S/C13H24N4/c1-5-7-9-17(4)12-11(3)10-15-13(16-12)14-8-6-2/h10H,5-9H2,1-4H3,(H,14,15,16). The Kier molecular flexibility index (Phi) is 5.73. The Balaban J connectivity index is 2.74. The first kappa shape index (κ1) is 13.7. The monoisotopic (exact) mass is 236 g/mol. The number of nitrogens with one attached hydrogen (secondary N) is 1. The highest BCUT2D eigenvalue weighted by atomic mass is 15.2. The van der Waals surface area contributed by atoms with E-state index in [9.17, 15) is 0 Å². The van der Waals surface area contributed by atoms with Gasteiger partial charge in [0.15, 0.2) is 0 Å². The van der Waals surface area contributed by atoms with E-state index in [0.29, 0.717) is 0 Å². The van der Waals surface area contributed by atoms with E-state index in [0.717, 1.165) is 36.8 Å². The molecule has 0 bridgehead atoms. The van der Waals surface area contributed by atoms with E-state index in [4.69, 9.17) is 0 Å². The minimum atomic E-state index is 0.732. The molecule has 0 aliphatic heterocycles. The summed E-state index contributed by atoms with van der Waals surface area (Å²) in [7, 11) is 2.09. The molecule has 1 heterocycles. The number of nitrogens with zero attached hydrogens (tertiary/aromatic N) is 3. The molecule has 0 saturated carbocycles. The van der Waals surface area contributed by atoms with Crippen LogP contribution in [0.2, 0.25) is 0 Å². The average molecular weight is 236 g/mol. The molecule has 96 valence electrons. The largest absolute Gasteiger partial charge is 0.359 e. The number of hydrogen-bond acceptors (Lipinski definition) is 4. The van der Waals surface area contributed by atoms with Crippen molar-refractivity contribution < 1.29 is 0 Å². The molecule has 0 aliphatic rings. The summed E-state index contributed by atoms with van der Waals surface area (Å²) < 4.78 is 0. The molecule has 0 atom stereocenters. The summed E-state index contributed by atoms with van der Waals surface area (Å²) in [5.41, 5.74) is 1.13. The second-order valence-corrected chi connectivity index (χ2v) is 4.40. The molecule has 0 unspecified atom stereocenters. The normalized spacial score (nSPS) is 10.4. The maximum atomic E-state index is 4.57. The van der Waals surface area contributed by atoms with Gasteiger partial charge < -0.3 is 10.2 Å². The Morgan fingerprint density at radius 3 is 2.71 bits per heavy atom. The van der Waals surface area contributed by atoms with Crippen molar-refractivity contribution in [2.24, 2.45) is 0 Å². The Hall–Kier alpha value is -1.32. The molecule has 1 rings (SSSR count). The van der Waals surface area contributed by atoms with Gasteiger partial charge in [-0.3, -0.25) is 0 Å². The van der Waals surface area contributed by atoms with Crippen LogP contribution in [0.25, 0.3) is 0 Å². The zero-order chi connectivity index (χ0) is 12.7. The van der Waals surface area contributed by atoms with Gasteiger partial charge in [0, 0.05) is 31.9 Å². The van der Waals surface area contributed by atoms with Gasteiger partial charge in [-0.25, -0.2) is 4.98 Å². The first-order chi connectivity index (χ1) is 8.19. The molecule has 0 fully saturated rings. The SMILES string of the molecule is CCCCN(C)c1nc(NCCC)ncc1C. The number of aryl methyl sites for hydroxylation is 1. The van der Waals surface area contributed by atoms with Gasteiger partial charge >= 0.3 is 0 Å². The fraction of sp³-hybridized carbons (Fsp3) is 0.692. The second-order valence-electron chi connectivity index (χ2n) is 4.40. The van der Waals surface area contributed by atoms with Gasteiger partial charge in [-0.1, -0.05) is 20.3 Å². The average Bonchev–Trinajstić information content (AvgIpc) is 2.35. The summed E-state index contributed by atoms with van der Waals surface area (Å²) in [4.78, 5) is 11.1. The van der Waals surface area contributed by atoms with Gasteiger partial charge in [0.25, 0.3) is 0 Å². The van der Waals surface area contributed by atoms with E-state index in [-0.39, 0.29) is 0 Å². The van der Waals surface area contributed by atoms with Crippen molar-refractivity contribution in [3.05, 3.63) is 11.8 Å². The Labute approximate surface area is 104 Å². The lowest BCUT2D eigenvalue weighted by molar-refractivity contribution is 0.756. The lowest BCUT2D eigenvalue weighted by Gasteiger charge is -2.20. The number of unbranched alkanes of at least 4 members (excludes halogenated alkanes) is 1. The van der Waals surface area contributed by atoms with Crippen molar-refractivity contribution in [1.29, 1.82) is 0 Å². The van der Waals surface area contributed by atoms with Gasteiger partial charge in [-0.05, 0) is 19.8 Å². The highest BCUT2D eigenvalue weighted by Gasteiger charge is 2.07. The summed E-state index contributed by atoms with van der Waals surface area (Å²) >= 11 is 0. The molecular weight excluding hydrogens is 212 g/mol. The lowest BCUT2D eigenvalue weighted by Crippen LogP contribution is -2.21. The molecule has 17 heavy (non-hydrogen) atoms. The third kappa shape index (κ3) is 4.21. The van der Waals surface area contributed by atoms with Crippen LogP contribution in [0.15, 0.2) is 6.20 Å². The van der Waals surface area contributed by atoms with E-state index >= 15 is 0 Å². The minimum Gasteiger partial charge on any atom is -0.359 e. The Bertz CT molecular complexity index is 338. The van der Waals surface area contributed by atoms with E-state index in [2.05, 4.69) is 48.0 Å². The predicted octanol–water partition coefficient (Wildman–Crippen LogP) is 2.84. The van der Waals surface area contributed by atoms with Crippen molar-refractivity contribution in [2.45, 2.75) is 40.0 Å². The molecule has 0 amide bonds. The Morgan fingerprint density at radius 1 is 1.29 bits per heavy atom. The fourth-order valence-electron chi connectivity index (χ4n) is 1.64. The van der Waals surface area contributed by atoms with Crippen LogP contribution in [0, 0.1) is 6.92 Å². The molecule has 4 heteroatoms. The highest BCUT2D eigenvalue weighted by Crippen LogP contribution is 2.17. The smallest absolute Gasteiger partial charge is 0.224 e. The topological polar surface area (TPSA) is 41.1 Å². The number of hydrogen-bond donors (Lipinski definition) is 1. The van der Waals surface area contributed by atoms with E-state index in [1.165, 1.54) is 12.8 Å². The molecule has 1 aromatic heterocycles. The van der Waals surface area contributed by atoms with E-state index in [1.807, 2.05) is 6.20 Å². The van der Waals surface area contributed by atoms with Crippen LogP contribution in [-0.2, 0) is 0 Å². The molecular formula is C13H24N4. The zero-order valence-corrected chi connectivity index (χ0v) is 11.5. The second kappa shape index (κ2) is 7.09. The van der Waals surface area contributed by atoms with Crippen LogP contribution in [0.4, 0.5) is 11.8 Å². The highest BCUT2D eigenvalue weighted by molar-refractivity contribution is 5.48. The fourth-order valence-corrected chi connectivity index (χ4v) is 1.64. The van der Waals surface area contributed by atoms with Crippen LogP contribution in [0.3, 0.4) is 0 Å². The third-order valence-electron chi connectivity index (χ3n) is 2.69. The summed E-state index contributed by atoms with van der Waals surface area (Å²) in [5, 5.41) is 3.22. The molecule has 0 aliphatic carbocycles. The van der Waals surface area contributed by atoms with Crippen LogP contribution >= 0.6 is 0 Å². The van der Waals surface area contributed by atoms with E-state index in [1.54, 1.807) is 0 Å². The third-order valence-corrected chi connectivity index (χ3v) is 2.69. The number of aromatic nitrogens is 2. The van der Waals surface area contributed by atoms with Gasteiger partial charge in [-0.2, -0.15) is 4.98 Å². The molecule has 0 spiro atoms. The van der Waals surface area contributed by atoms with Crippen LogP contribution in [0.5, 0.6) is 0 Å². The maximum Gasteiger partial charge on any atom is 0.224 e. The summed E-state index contributed by atoms with van der Waals surface area (Å²) in [6.07, 6.45) is 5.37. The predicted molar refractivity (Wildman–Crippen MR) is 73.7 cm³/mol. The van der Waals surface area contributed by atoms with Gasteiger partial charge in [0.2, 0.25) is 5.95 Å².